The normalized spacial score (nSPS) is 13.7. The maximum absolute atomic E-state index is 13.1. The number of rotatable bonds is 4. The highest BCUT2D eigenvalue weighted by Gasteiger charge is 2.36. The lowest BCUT2D eigenvalue weighted by atomic mass is 9.98. The molecule has 0 radical (unpaired) electrons. The fraction of sp³-hybridized carbons (Fsp3) is 0.417. The van der Waals surface area contributed by atoms with Crippen molar-refractivity contribution in [3.63, 3.8) is 0 Å². The minimum atomic E-state index is -4.48. The highest BCUT2D eigenvalue weighted by molar-refractivity contribution is 7.05. The highest BCUT2D eigenvalue weighted by atomic mass is 32.1. The third-order valence-electron chi connectivity index (χ3n) is 2.98. The van der Waals surface area contributed by atoms with E-state index in [2.05, 4.69) is 20.0 Å². The SMILES string of the molecule is CC(C)c1nnsc1C(NN)c1cnccc1C(F)(F)F. The molecule has 0 aliphatic heterocycles. The third kappa shape index (κ3) is 3.20. The van der Waals surface area contributed by atoms with Crippen LogP contribution in [0.4, 0.5) is 13.2 Å². The molecule has 2 rings (SSSR count). The average Bonchev–Trinajstić information content (AvgIpc) is 2.88. The van der Waals surface area contributed by atoms with Gasteiger partial charge in [-0.15, -0.1) is 5.10 Å². The average molecular weight is 317 g/mol. The first-order valence-electron chi connectivity index (χ1n) is 6.15. The van der Waals surface area contributed by atoms with Gasteiger partial charge in [0.2, 0.25) is 0 Å². The van der Waals surface area contributed by atoms with E-state index >= 15 is 0 Å². The first-order valence-corrected chi connectivity index (χ1v) is 6.93. The van der Waals surface area contributed by atoms with Gasteiger partial charge in [0.1, 0.15) is 0 Å². The monoisotopic (exact) mass is 317 g/mol. The largest absolute Gasteiger partial charge is 0.416 e. The quantitative estimate of drug-likeness (QED) is 0.669. The summed E-state index contributed by atoms with van der Waals surface area (Å²) in [4.78, 5) is 4.34. The number of aromatic nitrogens is 3. The number of pyridine rings is 1. The van der Waals surface area contributed by atoms with Crippen LogP contribution in [0.15, 0.2) is 18.5 Å². The predicted molar refractivity (Wildman–Crippen MR) is 72.4 cm³/mol. The Morgan fingerprint density at radius 3 is 2.62 bits per heavy atom. The van der Waals surface area contributed by atoms with Gasteiger partial charge in [-0.05, 0) is 23.5 Å². The Kier molecular flexibility index (Phi) is 4.55. The summed E-state index contributed by atoms with van der Waals surface area (Å²) >= 11 is 1.03. The molecule has 3 N–H and O–H groups in total. The van der Waals surface area contributed by atoms with Gasteiger partial charge >= 0.3 is 6.18 Å². The Labute approximate surface area is 123 Å². The summed E-state index contributed by atoms with van der Waals surface area (Å²) in [6, 6.07) is 0.0798. The molecule has 9 heteroatoms. The Hall–Kier alpha value is -1.58. The molecule has 21 heavy (non-hydrogen) atoms. The van der Waals surface area contributed by atoms with Gasteiger partial charge < -0.3 is 0 Å². The Morgan fingerprint density at radius 1 is 1.33 bits per heavy atom. The van der Waals surface area contributed by atoms with Crippen molar-refractivity contribution in [2.45, 2.75) is 32.0 Å². The molecule has 0 amide bonds. The van der Waals surface area contributed by atoms with E-state index in [4.69, 9.17) is 5.84 Å². The lowest BCUT2D eigenvalue weighted by Crippen LogP contribution is -2.31. The Morgan fingerprint density at radius 2 is 2.05 bits per heavy atom. The molecule has 0 fully saturated rings. The summed E-state index contributed by atoms with van der Waals surface area (Å²) in [7, 11) is 0. The van der Waals surface area contributed by atoms with Gasteiger partial charge in [-0.1, -0.05) is 18.3 Å². The van der Waals surface area contributed by atoms with E-state index in [0.717, 1.165) is 30.0 Å². The van der Waals surface area contributed by atoms with Gasteiger partial charge in [-0.25, -0.2) is 5.43 Å². The van der Waals surface area contributed by atoms with Crippen LogP contribution in [-0.2, 0) is 6.18 Å². The lowest BCUT2D eigenvalue weighted by molar-refractivity contribution is -0.138. The van der Waals surface area contributed by atoms with Crippen LogP contribution in [0.2, 0.25) is 0 Å². The van der Waals surface area contributed by atoms with Gasteiger partial charge in [-0.3, -0.25) is 10.8 Å². The molecule has 114 valence electrons. The number of nitrogens with one attached hydrogen (secondary N) is 1. The van der Waals surface area contributed by atoms with Crippen molar-refractivity contribution < 1.29 is 13.2 Å². The minimum absolute atomic E-state index is 0.0283. The van der Waals surface area contributed by atoms with Gasteiger partial charge in [0.15, 0.2) is 0 Å². The molecule has 2 aromatic rings. The molecule has 1 atom stereocenters. The molecule has 0 aliphatic carbocycles. The van der Waals surface area contributed by atoms with Crippen LogP contribution < -0.4 is 11.3 Å². The molecule has 1 unspecified atom stereocenters. The second-order valence-electron chi connectivity index (χ2n) is 4.74. The van der Waals surface area contributed by atoms with Crippen LogP contribution in [-0.4, -0.2) is 14.6 Å². The highest BCUT2D eigenvalue weighted by Crippen LogP contribution is 2.38. The summed E-state index contributed by atoms with van der Waals surface area (Å²) in [6.07, 6.45) is -2.21. The van der Waals surface area contributed by atoms with Crippen LogP contribution in [0, 0.1) is 0 Å². The number of hydrazine groups is 1. The second kappa shape index (κ2) is 6.04. The van der Waals surface area contributed by atoms with Crippen LogP contribution in [0.3, 0.4) is 0 Å². The minimum Gasteiger partial charge on any atom is -0.271 e. The first kappa shape index (κ1) is 15.8. The van der Waals surface area contributed by atoms with E-state index < -0.39 is 17.8 Å². The van der Waals surface area contributed by atoms with Crippen molar-refractivity contribution in [1.29, 1.82) is 0 Å². The van der Waals surface area contributed by atoms with E-state index in [-0.39, 0.29) is 11.5 Å². The standard InChI is InChI=1S/C12H14F3N5S/c1-6(2)9-11(21-20-19-9)10(18-16)7-5-17-4-3-8(7)12(13,14)15/h3-6,10,18H,16H2,1-2H3. The van der Waals surface area contributed by atoms with Crippen molar-refractivity contribution in [2.24, 2.45) is 5.84 Å². The van der Waals surface area contributed by atoms with E-state index in [1.165, 1.54) is 0 Å². The Balaban J connectivity index is 2.55. The molecule has 0 aliphatic rings. The van der Waals surface area contributed by atoms with E-state index in [1.54, 1.807) is 0 Å². The molecule has 2 aromatic heterocycles. The van der Waals surface area contributed by atoms with E-state index in [0.29, 0.717) is 10.6 Å². The number of nitrogens with zero attached hydrogens (tertiary/aromatic N) is 3. The van der Waals surface area contributed by atoms with Crippen LogP contribution >= 0.6 is 11.5 Å². The fourth-order valence-electron chi connectivity index (χ4n) is 2.01. The molecular weight excluding hydrogens is 303 g/mol. The van der Waals surface area contributed by atoms with Crippen LogP contribution in [0.25, 0.3) is 0 Å². The zero-order chi connectivity index (χ0) is 15.6. The van der Waals surface area contributed by atoms with Gasteiger partial charge in [-0.2, -0.15) is 13.2 Å². The zero-order valence-electron chi connectivity index (χ0n) is 11.3. The number of hydrogen-bond acceptors (Lipinski definition) is 6. The van der Waals surface area contributed by atoms with Crippen molar-refractivity contribution >= 4 is 11.5 Å². The fourth-order valence-corrected chi connectivity index (χ4v) is 2.89. The second-order valence-corrected chi connectivity index (χ2v) is 5.52. The molecule has 0 saturated carbocycles. The van der Waals surface area contributed by atoms with Gasteiger partial charge in [0.25, 0.3) is 0 Å². The van der Waals surface area contributed by atoms with Crippen molar-refractivity contribution in [3.8, 4) is 0 Å². The Bertz CT molecular complexity index is 611. The number of nitrogens with two attached hydrogens (primary N) is 1. The first-order chi connectivity index (χ1) is 9.86. The summed E-state index contributed by atoms with van der Waals surface area (Å²) in [5, 5.41) is 3.97. The molecular formula is C12H14F3N5S. The molecule has 0 bridgehead atoms. The molecule has 2 heterocycles. The topological polar surface area (TPSA) is 76.7 Å². The maximum Gasteiger partial charge on any atom is 0.416 e. The number of halogens is 3. The van der Waals surface area contributed by atoms with E-state index in [9.17, 15) is 13.2 Å². The summed E-state index contributed by atoms with van der Waals surface area (Å²) < 4.78 is 43.2. The van der Waals surface area contributed by atoms with Crippen LogP contribution in [0.1, 0.15) is 47.5 Å². The maximum atomic E-state index is 13.1. The van der Waals surface area contributed by atoms with Gasteiger partial charge in [0.05, 0.1) is 22.2 Å². The smallest absolute Gasteiger partial charge is 0.271 e. The molecule has 0 aromatic carbocycles. The molecule has 5 nitrogen and oxygen atoms in total. The van der Waals surface area contributed by atoms with Gasteiger partial charge in [0, 0.05) is 18.0 Å². The summed E-state index contributed by atoms with van der Waals surface area (Å²) in [6.45, 7) is 3.78. The van der Waals surface area contributed by atoms with E-state index in [1.807, 2.05) is 13.8 Å². The number of hydrogen-bond donors (Lipinski definition) is 2. The van der Waals surface area contributed by atoms with Crippen molar-refractivity contribution in [2.75, 3.05) is 0 Å². The number of alkyl halides is 3. The van der Waals surface area contributed by atoms with Crippen molar-refractivity contribution in [3.05, 3.63) is 40.2 Å². The zero-order valence-corrected chi connectivity index (χ0v) is 12.2. The van der Waals surface area contributed by atoms with Crippen LogP contribution in [0.5, 0.6) is 0 Å². The third-order valence-corrected chi connectivity index (χ3v) is 3.79. The molecule has 0 spiro atoms. The molecule has 0 saturated heterocycles. The lowest BCUT2D eigenvalue weighted by Gasteiger charge is -2.20. The summed E-state index contributed by atoms with van der Waals surface area (Å²) in [5.41, 5.74) is 2.23. The summed E-state index contributed by atoms with van der Waals surface area (Å²) in [5.74, 6) is 5.51. The van der Waals surface area contributed by atoms with Crippen molar-refractivity contribution in [1.82, 2.24) is 20.0 Å². The predicted octanol–water partition coefficient (Wildman–Crippen LogP) is 2.63.